The fraction of sp³-hybridized carbons (Fsp3) is 0.231. The van der Waals surface area contributed by atoms with Crippen molar-refractivity contribution in [3.8, 4) is 0 Å². The number of nitrogens with zero attached hydrogens (tertiary/aromatic N) is 1. The molecule has 1 aromatic carbocycles. The second kappa shape index (κ2) is 6.83. The van der Waals surface area contributed by atoms with Crippen LogP contribution in [0.1, 0.15) is 11.3 Å². The van der Waals surface area contributed by atoms with E-state index in [9.17, 15) is 8.42 Å². The summed E-state index contributed by atoms with van der Waals surface area (Å²) in [6.45, 7) is 0.248. The van der Waals surface area contributed by atoms with Crippen LogP contribution in [0.3, 0.4) is 0 Å². The lowest BCUT2D eigenvalue weighted by Gasteiger charge is -2.17. The van der Waals surface area contributed by atoms with Gasteiger partial charge in [-0.1, -0.05) is 34.1 Å². The highest BCUT2D eigenvalue weighted by molar-refractivity contribution is 9.10. The van der Waals surface area contributed by atoms with E-state index < -0.39 is 10.0 Å². The standard InChI is InChI=1S/C13H12Br2ClNO3S/c1-17(8-9-4-2-3-5-11(9)14)21(18,19)12-6-10(7-16)20-13(12)15/h2-6H,7-8H2,1H3. The van der Waals surface area contributed by atoms with Gasteiger partial charge in [0.2, 0.25) is 10.0 Å². The summed E-state index contributed by atoms with van der Waals surface area (Å²) in [5.74, 6) is 0.513. The van der Waals surface area contributed by atoms with Crippen molar-refractivity contribution in [1.82, 2.24) is 4.31 Å². The van der Waals surface area contributed by atoms with E-state index in [1.54, 1.807) is 0 Å². The summed E-state index contributed by atoms with van der Waals surface area (Å²) in [7, 11) is -2.14. The van der Waals surface area contributed by atoms with Gasteiger partial charge < -0.3 is 4.42 Å². The Morgan fingerprint density at radius 3 is 2.52 bits per heavy atom. The maximum atomic E-state index is 12.6. The highest BCUT2D eigenvalue weighted by atomic mass is 79.9. The van der Waals surface area contributed by atoms with Gasteiger partial charge in [0.05, 0.1) is 5.88 Å². The van der Waals surface area contributed by atoms with Crippen LogP contribution in [-0.2, 0) is 22.4 Å². The normalized spacial score (nSPS) is 12.0. The van der Waals surface area contributed by atoms with Crippen LogP contribution < -0.4 is 0 Å². The van der Waals surface area contributed by atoms with E-state index >= 15 is 0 Å². The Labute approximate surface area is 145 Å². The van der Waals surface area contributed by atoms with Crippen LogP contribution in [-0.4, -0.2) is 19.8 Å². The molecule has 8 heteroatoms. The second-order valence-electron chi connectivity index (χ2n) is 4.34. The van der Waals surface area contributed by atoms with E-state index in [0.29, 0.717) is 5.76 Å². The molecule has 0 radical (unpaired) electrons. The summed E-state index contributed by atoms with van der Waals surface area (Å²) in [6, 6.07) is 8.91. The van der Waals surface area contributed by atoms with Gasteiger partial charge in [0.1, 0.15) is 10.7 Å². The maximum Gasteiger partial charge on any atom is 0.247 e. The van der Waals surface area contributed by atoms with E-state index in [0.717, 1.165) is 10.0 Å². The number of alkyl halides is 1. The highest BCUT2D eigenvalue weighted by Gasteiger charge is 2.27. The quantitative estimate of drug-likeness (QED) is 0.627. The topological polar surface area (TPSA) is 50.5 Å². The van der Waals surface area contributed by atoms with Crippen molar-refractivity contribution >= 4 is 53.5 Å². The van der Waals surface area contributed by atoms with Crippen molar-refractivity contribution in [2.24, 2.45) is 0 Å². The van der Waals surface area contributed by atoms with Gasteiger partial charge in [0.25, 0.3) is 0 Å². The lowest BCUT2D eigenvalue weighted by Crippen LogP contribution is -2.26. The Kier molecular flexibility index (Phi) is 5.54. The van der Waals surface area contributed by atoms with Crippen LogP contribution in [0, 0.1) is 0 Å². The SMILES string of the molecule is CN(Cc1ccccc1Br)S(=O)(=O)c1cc(CCl)oc1Br. The molecule has 0 atom stereocenters. The van der Waals surface area contributed by atoms with Gasteiger partial charge in [-0.25, -0.2) is 8.42 Å². The van der Waals surface area contributed by atoms with E-state index in [-0.39, 0.29) is 22.0 Å². The molecule has 0 unspecified atom stereocenters. The number of benzene rings is 1. The molecule has 2 rings (SSSR count). The van der Waals surface area contributed by atoms with Crippen molar-refractivity contribution in [2.45, 2.75) is 17.3 Å². The smallest absolute Gasteiger partial charge is 0.247 e. The molecular formula is C13H12Br2ClNO3S. The minimum atomic E-state index is -3.66. The predicted octanol–water partition coefficient (Wildman–Crippen LogP) is 4.36. The first-order chi connectivity index (χ1) is 9.86. The number of rotatable bonds is 5. The fourth-order valence-corrected chi connectivity index (χ4v) is 4.41. The Morgan fingerprint density at radius 2 is 1.95 bits per heavy atom. The van der Waals surface area contributed by atoms with Gasteiger partial charge in [0.15, 0.2) is 4.67 Å². The second-order valence-corrected chi connectivity index (χ2v) is 8.19. The summed E-state index contributed by atoms with van der Waals surface area (Å²) in [4.78, 5) is 0.0766. The molecule has 0 saturated carbocycles. The molecule has 0 amide bonds. The molecule has 0 spiro atoms. The van der Waals surface area contributed by atoms with Crippen molar-refractivity contribution in [3.63, 3.8) is 0 Å². The van der Waals surface area contributed by atoms with Crippen molar-refractivity contribution in [3.05, 3.63) is 50.8 Å². The first-order valence-electron chi connectivity index (χ1n) is 5.90. The number of sulfonamides is 1. The third-order valence-corrected chi connectivity index (χ3v) is 6.57. The number of halogens is 3. The molecule has 0 aliphatic carbocycles. The number of furan rings is 1. The molecule has 0 aliphatic rings. The zero-order valence-electron chi connectivity index (χ0n) is 11.0. The summed E-state index contributed by atoms with van der Waals surface area (Å²) >= 11 is 12.2. The van der Waals surface area contributed by atoms with Crippen LogP contribution >= 0.6 is 43.5 Å². The predicted molar refractivity (Wildman–Crippen MR) is 88.8 cm³/mol. The monoisotopic (exact) mass is 455 g/mol. The summed E-state index contributed by atoms with van der Waals surface area (Å²) in [5.41, 5.74) is 0.876. The number of hydrogen-bond donors (Lipinski definition) is 0. The van der Waals surface area contributed by atoms with Gasteiger partial charge >= 0.3 is 0 Å². The Balaban J connectivity index is 2.30. The van der Waals surface area contributed by atoms with Gasteiger partial charge in [-0.05, 0) is 27.6 Å². The molecule has 0 bridgehead atoms. The van der Waals surface area contributed by atoms with Crippen molar-refractivity contribution in [2.75, 3.05) is 7.05 Å². The van der Waals surface area contributed by atoms with Gasteiger partial charge in [-0.15, -0.1) is 11.6 Å². The molecule has 4 nitrogen and oxygen atoms in total. The van der Waals surface area contributed by atoms with Gasteiger partial charge in [0, 0.05) is 24.1 Å². The molecule has 0 fully saturated rings. The third kappa shape index (κ3) is 3.71. The average Bonchev–Trinajstić information content (AvgIpc) is 2.83. The van der Waals surface area contributed by atoms with Crippen LogP contribution in [0.4, 0.5) is 0 Å². The lowest BCUT2D eigenvalue weighted by atomic mass is 10.2. The lowest BCUT2D eigenvalue weighted by molar-refractivity contribution is 0.459. The minimum Gasteiger partial charge on any atom is -0.452 e. The maximum absolute atomic E-state index is 12.6. The van der Waals surface area contributed by atoms with Gasteiger partial charge in [-0.3, -0.25) is 0 Å². The molecule has 21 heavy (non-hydrogen) atoms. The van der Waals surface area contributed by atoms with E-state index in [2.05, 4.69) is 31.9 Å². The first kappa shape index (κ1) is 17.0. The molecule has 1 aromatic heterocycles. The Bertz CT molecular complexity index is 746. The van der Waals surface area contributed by atoms with Crippen LogP contribution in [0.5, 0.6) is 0 Å². The molecule has 0 aliphatic heterocycles. The fourth-order valence-electron chi connectivity index (χ4n) is 1.76. The molecule has 2 aromatic rings. The van der Waals surface area contributed by atoms with Crippen molar-refractivity contribution in [1.29, 1.82) is 0 Å². The average molecular weight is 458 g/mol. The minimum absolute atomic E-state index is 0.0766. The summed E-state index contributed by atoms with van der Waals surface area (Å²) < 4.78 is 32.7. The third-order valence-electron chi connectivity index (χ3n) is 2.88. The molecule has 0 saturated heterocycles. The molecule has 1 heterocycles. The number of hydrogen-bond acceptors (Lipinski definition) is 3. The zero-order chi connectivity index (χ0) is 15.6. The Morgan fingerprint density at radius 1 is 1.29 bits per heavy atom. The molecule has 114 valence electrons. The van der Waals surface area contributed by atoms with Crippen molar-refractivity contribution < 1.29 is 12.8 Å². The molecular weight excluding hydrogens is 445 g/mol. The zero-order valence-corrected chi connectivity index (χ0v) is 15.8. The largest absolute Gasteiger partial charge is 0.452 e. The first-order valence-corrected chi connectivity index (χ1v) is 9.46. The van der Waals surface area contributed by atoms with Gasteiger partial charge in [-0.2, -0.15) is 4.31 Å². The van der Waals surface area contributed by atoms with Crippen LogP contribution in [0.25, 0.3) is 0 Å². The van der Waals surface area contributed by atoms with Crippen LogP contribution in [0.2, 0.25) is 0 Å². The summed E-state index contributed by atoms with van der Waals surface area (Å²) in [5, 5.41) is 0. The van der Waals surface area contributed by atoms with E-state index in [1.165, 1.54) is 17.4 Å². The van der Waals surface area contributed by atoms with Crippen LogP contribution in [0.15, 0.2) is 48.8 Å². The van der Waals surface area contributed by atoms with E-state index in [4.69, 9.17) is 16.0 Å². The Hall–Kier alpha value is -0.340. The molecule has 0 N–H and O–H groups in total. The van der Waals surface area contributed by atoms with E-state index in [1.807, 2.05) is 24.3 Å². The highest BCUT2D eigenvalue weighted by Crippen LogP contribution is 2.30. The summed E-state index contributed by atoms with van der Waals surface area (Å²) in [6.07, 6.45) is 0.